The summed E-state index contributed by atoms with van der Waals surface area (Å²) in [4.78, 5) is 16.2. The molecule has 1 N–H and O–H groups in total. The molecule has 0 bridgehead atoms. The van der Waals surface area contributed by atoms with E-state index in [0.717, 1.165) is 0 Å². The van der Waals surface area contributed by atoms with Gasteiger partial charge in [-0.25, -0.2) is 0 Å². The fourth-order valence-corrected chi connectivity index (χ4v) is 3.23. The van der Waals surface area contributed by atoms with Gasteiger partial charge in [-0.15, -0.1) is 12.4 Å². The van der Waals surface area contributed by atoms with E-state index in [1.165, 1.54) is 24.5 Å². The maximum absolute atomic E-state index is 13.6. The van der Waals surface area contributed by atoms with E-state index in [9.17, 15) is 23.1 Å². The van der Waals surface area contributed by atoms with Crippen LogP contribution in [-0.4, -0.2) is 38.6 Å². The molecule has 3 atom stereocenters. The summed E-state index contributed by atoms with van der Waals surface area (Å²) in [5, 5.41) is 14.5. The Labute approximate surface area is 143 Å². The van der Waals surface area contributed by atoms with Gasteiger partial charge in [-0.1, -0.05) is 6.92 Å². The minimum Gasteiger partial charge on any atom is -0.362 e. The minimum absolute atomic E-state index is 0. The number of fused-ring (bicyclic) bond motifs is 1. The summed E-state index contributed by atoms with van der Waals surface area (Å²) < 4.78 is 40.9. The Hall–Kier alpha value is -1.67. The van der Waals surface area contributed by atoms with Crippen LogP contribution in [-0.2, 0) is 0 Å². The molecule has 5 nitrogen and oxygen atoms in total. The van der Waals surface area contributed by atoms with E-state index < -0.39 is 23.7 Å². The number of pyridine rings is 1. The lowest BCUT2D eigenvalue weighted by molar-refractivity contribution is -0.313. The van der Waals surface area contributed by atoms with E-state index in [4.69, 9.17) is 0 Å². The summed E-state index contributed by atoms with van der Waals surface area (Å²) in [5.74, 6) is -2.16. The molecule has 0 saturated heterocycles. The van der Waals surface area contributed by atoms with Crippen LogP contribution in [0.15, 0.2) is 29.6 Å². The number of rotatable bonds is 1. The molecule has 0 spiro atoms. The summed E-state index contributed by atoms with van der Waals surface area (Å²) in [6.45, 7) is 1.83. The van der Waals surface area contributed by atoms with Crippen LogP contribution < -0.4 is 0 Å². The topological polar surface area (TPSA) is 65.8 Å². The first-order chi connectivity index (χ1) is 10.7. The molecule has 24 heavy (non-hydrogen) atoms. The molecule has 1 aliphatic carbocycles. The monoisotopic (exact) mass is 363 g/mol. The van der Waals surface area contributed by atoms with Gasteiger partial charge in [0.05, 0.1) is 5.92 Å². The van der Waals surface area contributed by atoms with E-state index in [2.05, 4.69) is 10.1 Å². The molecular formula is C15H17ClF3N3O2. The van der Waals surface area contributed by atoms with Crippen molar-refractivity contribution < 1.29 is 23.1 Å². The number of aromatic nitrogens is 1. The molecule has 0 radical (unpaired) electrons. The number of hydrogen-bond acceptors (Lipinski definition) is 4. The molecular weight excluding hydrogens is 347 g/mol. The summed E-state index contributed by atoms with van der Waals surface area (Å²) >= 11 is 0. The Morgan fingerprint density at radius 3 is 2.58 bits per heavy atom. The summed E-state index contributed by atoms with van der Waals surface area (Å²) in [6.07, 6.45) is -1.20. The van der Waals surface area contributed by atoms with Crippen LogP contribution >= 0.6 is 12.4 Å². The first-order valence-electron chi connectivity index (χ1n) is 7.36. The van der Waals surface area contributed by atoms with Crippen molar-refractivity contribution >= 4 is 24.0 Å². The standard InChI is InChI=1S/C15H16F3N3O2.ClH/c1-9-2-3-12-11(8-9)14(23,15(16,17)18)21(20-12)13(22)10-4-6-19-7-5-10;/h4-7,9,11,23H,2-3,8H2,1H3;1H. The van der Waals surface area contributed by atoms with Crippen molar-refractivity contribution in [3.8, 4) is 0 Å². The Morgan fingerprint density at radius 2 is 2.00 bits per heavy atom. The van der Waals surface area contributed by atoms with Gasteiger partial charge < -0.3 is 5.11 Å². The van der Waals surface area contributed by atoms with Crippen molar-refractivity contribution in [1.29, 1.82) is 0 Å². The van der Waals surface area contributed by atoms with E-state index >= 15 is 0 Å². The molecule has 2 heterocycles. The first-order valence-corrected chi connectivity index (χ1v) is 7.36. The van der Waals surface area contributed by atoms with Crippen molar-refractivity contribution in [2.45, 2.75) is 38.1 Å². The summed E-state index contributed by atoms with van der Waals surface area (Å²) in [5.41, 5.74) is -3.05. The molecule has 1 aromatic heterocycles. The minimum atomic E-state index is -5.00. The fourth-order valence-electron chi connectivity index (χ4n) is 3.23. The second kappa shape index (κ2) is 6.33. The first kappa shape index (κ1) is 18.7. The number of aliphatic hydroxyl groups is 1. The number of alkyl halides is 3. The number of hydrogen-bond donors (Lipinski definition) is 1. The molecule has 1 fully saturated rings. The Bertz CT molecular complexity index is 653. The molecule has 3 rings (SSSR count). The Morgan fingerprint density at radius 1 is 1.38 bits per heavy atom. The number of halogens is 4. The van der Waals surface area contributed by atoms with Crippen LogP contribution in [0.2, 0.25) is 0 Å². The van der Waals surface area contributed by atoms with Crippen molar-refractivity contribution in [1.82, 2.24) is 9.99 Å². The number of amides is 1. The average Bonchev–Trinajstić information content (AvgIpc) is 2.81. The normalized spacial score (nSPS) is 29.5. The number of carbonyl (C=O) groups is 1. The third kappa shape index (κ3) is 2.77. The van der Waals surface area contributed by atoms with Gasteiger partial charge in [-0.05, 0) is 37.3 Å². The number of nitrogens with zero attached hydrogens (tertiary/aromatic N) is 3. The van der Waals surface area contributed by atoms with Crippen LogP contribution in [0.25, 0.3) is 0 Å². The van der Waals surface area contributed by atoms with Crippen LogP contribution in [0.5, 0.6) is 0 Å². The lowest BCUT2D eigenvalue weighted by Gasteiger charge is -2.39. The van der Waals surface area contributed by atoms with Crippen molar-refractivity contribution in [2.24, 2.45) is 16.9 Å². The van der Waals surface area contributed by atoms with Crippen molar-refractivity contribution in [2.75, 3.05) is 0 Å². The summed E-state index contributed by atoms with van der Waals surface area (Å²) in [6, 6.07) is 2.59. The van der Waals surface area contributed by atoms with Crippen molar-refractivity contribution in [3.63, 3.8) is 0 Å². The van der Waals surface area contributed by atoms with Crippen LogP contribution in [0.4, 0.5) is 13.2 Å². The molecule has 9 heteroatoms. The summed E-state index contributed by atoms with van der Waals surface area (Å²) in [7, 11) is 0. The second-order valence-electron chi connectivity index (χ2n) is 6.10. The average molecular weight is 364 g/mol. The van der Waals surface area contributed by atoms with Gasteiger partial charge in [-0.2, -0.15) is 23.3 Å². The lowest BCUT2D eigenvalue weighted by Crippen LogP contribution is -2.61. The van der Waals surface area contributed by atoms with E-state index in [-0.39, 0.29) is 41.0 Å². The van der Waals surface area contributed by atoms with Gasteiger partial charge in [0.2, 0.25) is 0 Å². The zero-order valence-corrected chi connectivity index (χ0v) is 13.6. The third-order valence-electron chi connectivity index (χ3n) is 4.51. The smallest absolute Gasteiger partial charge is 0.362 e. The van der Waals surface area contributed by atoms with Gasteiger partial charge in [-0.3, -0.25) is 9.78 Å². The van der Waals surface area contributed by atoms with E-state index in [1.807, 2.05) is 6.92 Å². The zero-order valence-electron chi connectivity index (χ0n) is 12.8. The molecule has 0 aromatic carbocycles. The molecule has 1 saturated carbocycles. The number of carbonyl (C=O) groups excluding carboxylic acids is 1. The molecule has 1 aliphatic heterocycles. The highest BCUT2D eigenvalue weighted by atomic mass is 35.5. The van der Waals surface area contributed by atoms with Gasteiger partial charge in [0.1, 0.15) is 0 Å². The zero-order chi connectivity index (χ0) is 16.8. The molecule has 2 aliphatic rings. The molecule has 1 aromatic rings. The van der Waals surface area contributed by atoms with Gasteiger partial charge >= 0.3 is 6.18 Å². The molecule has 1 amide bonds. The van der Waals surface area contributed by atoms with Gasteiger partial charge in [0, 0.05) is 23.7 Å². The van der Waals surface area contributed by atoms with E-state index in [0.29, 0.717) is 12.8 Å². The molecule has 132 valence electrons. The third-order valence-corrected chi connectivity index (χ3v) is 4.51. The maximum atomic E-state index is 13.6. The van der Waals surface area contributed by atoms with Crippen LogP contribution in [0.3, 0.4) is 0 Å². The SMILES string of the molecule is CC1CCC2=NN(C(=O)c3ccncc3)C(O)(C(F)(F)F)C2C1.Cl. The predicted molar refractivity (Wildman–Crippen MR) is 82.6 cm³/mol. The Kier molecular flexibility index (Phi) is 4.92. The predicted octanol–water partition coefficient (Wildman–Crippen LogP) is 3.00. The van der Waals surface area contributed by atoms with Gasteiger partial charge in [0.25, 0.3) is 11.6 Å². The highest BCUT2D eigenvalue weighted by Gasteiger charge is 2.68. The Balaban J connectivity index is 0.00000208. The molecule has 3 unspecified atom stereocenters. The van der Waals surface area contributed by atoms with Crippen LogP contribution in [0.1, 0.15) is 36.5 Å². The lowest BCUT2D eigenvalue weighted by atomic mass is 9.76. The van der Waals surface area contributed by atoms with E-state index in [1.54, 1.807) is 0 Å². The largest absolute Gasteiger partial charge is 0.439 e. The highest BCUT2D eigenvalue weighted by Crippen LogP contribution is 2.49. The number of hydrazone groups is 1. The quantitative estimate of drug-likeness (QED) is 0.834. The van der Waals surface area contributed by atoms with Crippen molar-refractivity contribution in [3.05, 3.63) is 30.1 Å². The highest BCUT2D eigenvalue weighted by molar-refractivity contribution is 5.99. The second-order valence-corrected chi connectivity index (χ2v) is 6.10. The van der Waals surface area contributed by atoms with Crippen LogP contribution in [0, 0.1) is 11.8 Å². The fraction of sp³-hybridized carbons (Fsp3) is 0.533. The maximum Gasteiger partial charge on any atom is 0.439 e. The van der Waals surface area contributed by atoms with Gasteiger partial charge in [0.15, 0.2) is 0 Å².